The molecule has 2 unspecified atom stereocenters. The Morgan fingerprint density at radius 1 is 1.05 bits per heavy atom. The summed E-state index contributed by atoms with van der Waals surface area (Å²) in [4.78, 5) is 2.62. The first-order valence-electron chi connectivity index (χ1n) is 13.6. The van der Waals surface area contributed by atoms with Crippen molar-refractivity contribution in [1.82, 2.24) is 4.72 Å². The lowest BCUT2D eigenvalue weighted by Crippen LogP contribution is -2.50. The van der Waals surface area contributed by atoms with Crippen molar-refractivity contribution in [2.75, 3.05) is 64.2 Å². The fourth-order valence-corrected chi connectivity index (χ4v) is 7.41. The van der Waals surface area contributed by atoms with Gasteiger partial charge in [-0.1, -0.05) is 39.7 Å². The van der Waals surface area contributed by atoms with Crippen LogP contribution in [0.4, 0.5) is 5.69 Å². The van der Waals surface area contributed by atoms with E-state index in [1.807, 2.05) is 0 Å². The fraction of sp³-hybridized carbons (Fsp3) is 0.517. The number of ether oxygens (including phenoxy) is 3. The molecule has 1 fully saturated rings. The number of hydrogen-bond donors (Lipinski definition) is 2. The average Bonchev–Trinajstić information content (AvgIpc) is 3.20. The van der Waals surface area contributed by atoms with Crippen molar-refractivity contribution in [1.29, 1.82) is 0 Å². The average molecular weight is 658 g/mol. The van der Waals surface area contributed by atoms with Crippen LogP contribution < -0.4 is 9.62 Å². The number of rotatable bonds is 16. The van der Waals surface area contributed by atoms with E-state index in [4.69, 9.17) is 30.9 Å². The molecule has 1 heterocycles. The number of aliphatic hydroxyl groups is 1. The SMILES string of the molecule is C=C1CCCC2N(CCOCCOCCOCCO)c3ccc(Br)cc3C12CCNS(=O)(=O)c1ccc(Cl)cc1. The molecule has 2 N–H and O–H groups in total. The van der Waals surface area contributed by atoms with Crippen molar-refractivity contribution in [3.05, 3.63) is 69.7 Å². The predicted octanol–water partition coefficient (Wildman–Crippen LogP) is 4.68. The number of nitrogens with zero attached hydrogens (tertiary/aromatic N) is 1. The van der Waals surface area contributed by atoms with Gasteiger partial charge < -0.3 is 24.2 Å². The summed E-state index contributed by atoms with van der Waals surface area (Å²) in [5.41, 5.74) is 3.12. The summed E-state index contributed by atoms with van der Waals surface area (Å²) in [7, 11) is -3.67. The molecule has 2 aliphatic rings. The van der Waals surface area contributed by atoms with Crippen LogP contribution in [-0.4, -0.2) is 78.9 Å². The molecule has 1 aliphatic heterocycles. The number of nitrogens with one attached hydrogen (secondary N) is 1. The minimum absolute atomic E-state index is 0.00827. The summed E-state index contributed by atoms with van der Waals surface area (Å²) in [5, 5.41) is 9.22. The van der Waals surface area contributed by atoms with Gasteiger partial charge >= 0.3 is 0 Å². The third-order valence-electron chi connectivity index (χ3n) is 7.67. The molecule has 8 nitrogen and oxygen atoms in total. The molecule has 40 heavy (non-hydrogen) atoms. The minimum Gasteiger partial charge on any atom is -0.394 e. The Morgan fingerprint density at radius 3 is 2.42 bits per heavy atom. The van der Waals surface area contributed by atoms with Gasteiger partial charge in [0.1, 0.15) is 0 Å². The van der Waals surface area contributed by atoms with Gasteiger partial charge in [0, 0.05) is 39.7 Å². The van der Waals surface area contributed by atoms with Gasteiger partial charge in [0.25, 0.3) is 0 Å². The van der Waals surface area contributed by atoms with Crippen molar-refractivity contribution in [2.24, 2.45) is 0 Å². The monoisotopic (exact) mass is 656 g/mol. The number of hydrogen-bond acceptors (Lipinski definition) is 7. The van der Waals surface area contributed by atoms with Crippen LogP contribution in [0.3, 0.4) is 0 Å². The molecule has 0 aromatic heterocycles. The lowest BCUT2D eigenvalue weighted by Gasteiger charge is -2.45. The predicted molar refractivity (Wildman–Crippen MR) is 161 cm³/mol. The Labute approximate surface area is 250 Å². The quantitative estimate of drug-likeness (QED) is 0.200. The summed E-state index contributed by atoms with van der Waals surface area (Å²) in [6, 6.07) is 12.7. The van der Waals surface area contributed by atoms with Crippen molar-refractivity contribution in [2.45, 2.75) is 42.0 Å². The summed E-state index contributed by atoms with van der Waals surface area (Å²) in [5.74, 6) is 0. The van der Waals surface area contributed by atoms with Crippen LogP contribution in [0.1, 0.15) is 31.2 Å². The molecular weight excluding hydrogens is 620 g/mol. The van der Waals surface area contributed by atoms with E-state index in [2.05, 4.69) is 50.3 Å². The summed E-state index contributed by atoms with van der Waals surface area (Å²) in [6.07, 6.45) is 3.55. The van der Waals surface area contributed by atoms with Crippen LogP contribution in [0.25, 0.3) is 0 Å². The number of aliphatic hydroxyl groups excluding tert-OH is 1. The zero-order valence-corrected chi connectivity index (χ0v) is 25.8. The largest absolute Gasteiger partial charge is 0.394 e. The highest BCUT2D eigenvalue weighted by Crippen LogP contribution is 2.56. The second-order valence-electron chi connectivity index (χ2n) is 10.0. The van der Waals surface area contributed by atoms with E-state index >= 15 is 0 Å². The standard InChI is InChI=1S/C29H38BrClN2O6S/c1-22-3-2-4-28-29(22,11-12-32-40(35,36)25-8-6-24(31)7-9-25)26-21-23(30)5-10-27(26)33(28)13-15-37-17-19-39-20-18-38-16-14-34/h5-10,21,28,32,34H,1-4,11-20H2. The molecular formula is C29H38BrClN2O6S. The molecule has 0 saturated heterocycles. The van der Waals surface area contributed by atoms with Crippen molar-refractivity contribution in [3.63, 3.8) is 0 Å². The maximum absolute atomic E-state index is 13.0. The van der Waals surface area contributed by atoms with E-state index < -0.39 is 10.0 Å². The second-order valence-corrected chi connectivity index (χ2v) is 13.1. The molecule has 0 radical (unpaired) electrons. The van der Waals surface area contributed by atoms with Crippen LogP contribution >= 0.6 is 27.5 Å². The van der Waals surface area contributed by atoms with Gasteiger partial charge in [-0.15, -0.1) is 0 Å². The Kier molecular flexibility index (Phi) is 11.5. The molecule has 0 spiro atoms. The molecule has 11 heteroatoms. The number of fused-ring (bicyclic) bond motifs is 3. The lowest BCUT2D eigenvalue weighted by molar-refractivity contribution is 0.00852. The van der Waals surface area contributed by atoms with E-state index in [1.54, 1.807) is 12.1 Å². The zero-order chi connectivity index (χ0) is 28.6. The Balaban J connectivity index is 1.42. The van der Waals surface area contributed by atoms with Crippen LogP contribution in [-0.2, 0) is 29.6 Å². The van der Waals surface area contributed by atoms with Crippen LogP contribution in [0.5, 0.6) is 0 Å². The lowest BCUT2D eigenvalue weighted by atomic mass is 9.63. The van der Waals surface area contributed by atoms with Crippen molar-refractivity contribution < 1.29 is 27.7 Å². The van der Waals surface area contributed by atoms with Gasteiger partial charge in [-0.2, -0.15) is 0 Å². The second kappa shape index (κ2) is 14.6. The molecule has 1 saturated carbocycles. The first kappa shape index (κ1) is 31.4. The van der Waals surface area contributed by atoms with E-state index in [0.29, 0.717) is 57.6 Å². The highest BCUT2D eigenvalue weighted by Gasteiger charge is 2.53. The third kappa shape index (κ3) is 7.28. The molecule has 0 bridgehead atoms. The van der Waals surface area contributed by atoms with Crippen LogP contribution in [0, 0.1) is 0 Å². The number of sulfonamides is 1. The Hall–Kier alpha value is -1.50. The summed E-state index contributed by atoms with van der Waals surface area (Å²) >= 11 is 9.61. The highest BCUT2D eigenvalue weighted by molar-refractivity contribution is 9.10. The smallest absolute Gasteiger partial charge is 0.240 e. The highest BCUT2D eigenvalue weighted by atomic mass is 79.9. The van der Waals surface area contributed by atoms with Gasteiger partial charge in [-0.3, -0.25) is 0 Å². The van der Waals surface area contributed by atoms with Crippen LogP contribution in [0.15, 0.2) is 64.0 Å². The molecule has 4 rings (SSSR count). The minimum atomic E-state index is -3.67. The zero-order valence-electron chi connectivity index (χ0n) is 22.6. The van der Waals surface area contributed by atoms with E-state index in [1.165, 1.54) is 17.7 Å². The number of anilines is 1. The maximum atomic E-state index is 13.0. The van der Waals surface area contributed by atoms with Gasteiger partial charge in [0.05, 0.1) is 51.1 Å². The first-order chi connectivity index (χ1) is 19.3. The first-order valence-corrected chi connectivity index (χ1v) is 16.3. The van der Waals surface area contributed by atoms with Gasteiger partial charge in [-0.05, 0) is 73.7 Å². The third-order valence-corrected chi connectivity index (χ3v) is 9.89. The molecule has 0 amide bonds. The Morgan fingerprint density at radius 2 is 1.73 bits per heavy atom. The topological polar surface area (TPSA) is 97.3 Å². The maximum Gasteiger partial charge on any atom is 0.240 e. The van der Waals surface area contributed by atoms with Gasteiger partial charge in [-0.25, -0.2) is 13.1 Å². The van der Waals surface area contributed by atoms with Gasteiger partial charge in [0.2, 0.25) is 10.0 Å². The van der Waals surface area contributed by atoms with E-state index in [0.717, 1.165) is 35.0 Å². The number of halogens is 2. The van der Waals surface area contributed by atoms with E-state index in [-0.39, 0.29) is 29.5 Å². The summed E-state index contributed by atoms with van der Waals surface area (Å²) in [6.45, 7) is 8.27. The van der Waals surface area contributed by atoms with Crippen molar-refractivity contribution in [3.8, 4) is 0 Å². The molecule has 2 atom stereocenters. The molecule has 2 aromatic rings. The molecule has 1 aliphatic carbocycles. The number of benzene rings is 2. The van der Waals surface area contributed by atoms with Gasteiger partial charge in [0.15, 0.2) is 0 Å². The molecule has 2 aromatic carbocycles. The normalized spacial score (nSPS) is 20.5. The molecule has 220 valence electrons. The van der Waals surface area contributed by atoms with Crippen molar-refractivity contribution >= 4 is 43.2 Å². The fourth-order valence-electron chi connectivity index (χ4n) is 5.89. The Bertz CT molecular complexity index is 1250. The van der Waals surface area contributed by atoms with E-state index in [9.17, 15) is 8.42 Å². The summed E-state index contributed by atoms with van der Waals surface area (Å²) < 4.78 is 46.4. The van der Waals surface area contributed by atoms with Crippen LogP contribution in [0.2, 0.25) is 5.02 Å².